The second-order valence-corrected chi connectivity index (χ2v) is 4.85. The van der Waals surface area contributed by atoms with Crippen LogP contribution in [0.25, 0.3) is 0 Å². The predicted molar refractivity (Wildman–Crippen MR) is 72.0 cm³/mol. The highest BCUT2D eigenvalue weighted by molar-refractivity contribution is 5.99. The van der Waals surface area contributed by atoms with Gasteiger partial charge in [0.1, 0.15) is 5.82 Å². The molecule has 1 unspecified atom stereocenters. The summed E-state index contributed by atoms with van der Waals surface area (Å²) in [5.41, 5.74) is 11.3. The Morgan fingerprint density at radius 1 is 1.33 bits per heavy atom. The van der Waals surface area contributed by atoms with Crippen molar-refractivity contribution in [3.63, 3.8) is 0 Å². The van der Waals surface area contributed by atoms with Crippen molar-refractivity contribution in [2.75, 3.05) is 17.7 Å². The maximum Gasteiger partial charge on any atom is 0.250 e. The molecule has 0 bridgehead atoms. The predicted octanol–water partition coefficient (Wildman–Crippen LogP) is 1.99. The van der Waals surface area contributed by atoms with Crippen LogP contribution in [0.4, 0.5) is 15.8 Å². The molecule has 0 aliphatic carbocycles. The number of rotatable bonds is 4. The Hall–Kier alpha value is -1.78. The number of hydrogen-bond donors (Lipinski definition) is 2. The van der Waals surface area contributed by atoms with Crippen molar-refractivity contribution in [1.29, 1.82) is 0 Å². The highest BCUT2D eigenvalue weighted by atomic mass is 19.1. The Kier molecular flexibility index (Phi) is 4.16. The molecule has 18 heavy (non-hydrogen) atoms. The molecule has 1 atom stereocenters. The van der Waals surface area contributed by atoms with Crippen molar-refractivity contribution < 1.29 is 9.18 Å². The minimum absolute atomic E-state index is 0.0642. The van der Waals surface area contributed by atoms with Gasteiger partial charge in [-0.2, -0.15) is 0 Å². The van der Waals surface area contributed by atoms with E-state index in [1.165, 1.54) is 6.07 Å². The van der Waals surface area contributed by atoms with Crippen LogP contribution in [-0.2, 0) is 0 Å². The highest BCUT2D eigenvalue weighted by Crippen LogP contribution is 2.27. The number of amides is 1. The number of halogens is 1. The van der Waals surface area contributed by atoms with Crippen molar-refractivity contribution in [2.45, 2.75) is 26.8 Å². The molecule has 0 aromatic heterocycles. The Bertz CT molecular complexity index is 460. The molecule has 0 aliphatic heterocycles. The van der Waals surface area contributed by atoms with Crippen LogP contribution in [0.3, 0.4) is 0 Å². The van der Waals surface area contributed by atoms with E-state index >= 15 is 0 Å². The van der Waals surface area contributed by atoms with Crippen LogP contribution in [0.15, 0.2) is 12.1 Å². The van der Waals surface area contributed by atoms with Gasteiger partial charge >= 0.3 is 0 Å². The summed E-state index contributed by atoms with van der Waals surface area (Å²) in [6, 6.07) is 2.68. The third-order valence-electron chi connectivity index (χ3n) is 3.34. The Morgan fingerprint density at radius 2 is 1.89 bits per heavy atom. The SMILES string of the molecule is CC(C)C(C)N(C)c1cc(C(N)=O)c(N)cc1F. The van der Waals surface area contributed by atoms with Crippen molar-refractivity contribution in [1.82, 2.24) is 0 Å². The van der Waals surface area contributed by atoms with Crippen LogP contribution in [0, 0.1) is 11.7 Å². The van der Waals surface area contributed by atoms with Crippen LogP contribution in [0.2, 0.25) is 0 Å². The molecule has 1 aromatic rings. The molecular weight excluding hydrogens is 233 g/mol. The third kappa shape index (κ3) is 2.72. The van der Waals surface area contributed by atoms with Gasteiger partial charge in [0.25, 0.3) is 5.91 Å². The molecule has 4 nitrogen and oxygen atoms in total. The number of hydrogen-bond acceptors (Lipinski definition) is 3. The first-order valence-corrected chi connectivity index (χ1v) is 5.87. The fraction of sp³-hybridized carbons (Fsp3) is 0.462. The summed E-state index contributed by atoms with van der Waals surface area (Å²) in [5, 5.41) is 0. The fourth-order valence-electron chi connectivity index (χ4n) is 1.73. The molecule has 4 N–H and O–H groups in total. The number of benzene rings is 1. The number of primary amides is 1. The average molecular weight is 253 g/mol. The summed E-state index contributed by atoms with van der Waals surface area (Å²) in [7, 11) is 1.78. The van der Waals surface area contributed by atoms with Crippen molar-refractivity contribution in [3.8, 4) is 0 Å². The first kappa shape index (κ1) is 14.3. The van der Waals surface area contributed by atoms with Crippen LogP contribution in [0.1, 0.15) is 31.1 Å². The van der Waals surface area contributed by atoms with Gasteiger partial charge in [0.05, 0.1) is 11.3 Å². The fourth-order valence-corrected chi connectivity index (χ4v) is 1.73. The summed E-state index contributed by atoms with van der Waals surface area (Å²) < 4.78 is 13.9. The molecule has 0 spiro atoms. The zero-order chi connectivity index (χ0) is 14.0. The zero-order valence-electron chi connectivity index (χ0n) is 11.2. The standard InChI is InChI=1S/C13H20FN3O/c1-7(2)8(3)17(4)12-5-9(13(16)18)11(15)6-10(12)14/h5-8H,15H2,1-4H3,(H2,16,18). The molecule has 0 fully saturated rings. The average Bonchev–Trinajstić information content (AvgIpc) is 2.26. The van der Waals surface area contributed by atoms with E-state index in [0.717, 1.165) is 6.07 Å². The number of carbonyl (C=O) groups excluding carboxylic acids is 1. The second-order valence-electron chi connectivity index (χ2n) is 4.85. The molecule has 0 saturated carbocycles. The van der Waals surface area contributed by atoms with Gasteiger partial charge in [0.15, 0.2) is 0 Å². The Morgan fingerprint density at radius 3 is 2.33 bits per heavy atom. The molecule has 0 radical (unpaired) electrons. The van der Waals surface area contributed by atoms with Gasteiger partial charge in [-0.1, -0.05) is 13.8 Å². The molecular formula is C13H20FN3O. The van der Waals surface area contributed by atoms with Crippen molar-refractivity contribution >= 4 is 17.3 Å². The molecule has 0 heterocycles. The summed E-state index contributed by atoms with van der Waals surface area (Å²) in [6.45, 7) is 6.08. The molecule has 100 valence electrons. The van der Waals surface area contributed by atoms with E-state index in [0.29, 0.717) is 11.6 Å². The van der Waals surface area contributed by atoms with Crippen LogP contribution in [0.5, 0.6) is 0 Å². The lowest BCUT2D eigenvalue weighted by Crippen LogP contribution is -2.34. The van der Waals surface area contributed by atoms with Gasteiger partial charge in [-0.05, 0) is 25.0 Å². The highest BCUT2D eigenvalue weighted by Gasteiger charge is 2.19. The molecule has 1 amide bonds. The largest absolute Gasteiger partial charge is 0.398 e. The van der Waals surface area contributed by atoms with Gasteiger partial charge in [0, 0.05) is 18.8 Å². The van der Waals surface area contributed by atoms with Gasteiger partial charge in [-0.15, -0.1) is 0 Å². The quantitative estimate of drug-likeness (QED) is 0.806. The number of nitrogen functional groups attached to an aromatic ring is 1. The maximum atomic E-state index is 13.9. The topological polar surface area (TPSA) is 72.3 Å². The lowest BCUT2D eigenvalue weighted by Gasteiger charge is -2.30. The van der Waals surface area contributed by atoms with Gasteiger partial charge in [0.2, 0.25) is 0 Å². The van der Waals surface area contributed by atoms with Crippen LogP contribution >= 0.6 is 0 Å². The van der Waals surface area contributed by atoms with E-state index < -0.39 is 11.7 Å². The Labute approximate surface area is 107 Å². The van der Waals surface area contributed by atoms with Crippen molar-refractivity contribution in [2.24, 2.45) is 11.7 Å². The van der Waals surface area contributed by atoms with E-state index in [1.54, 1.807) is 11.9 Å². The second kappa shape index (κ2) is 5.25. The lowest BCUT2D eigenvalue weighted by atomic mass is 10.0. The summed E-state index contributed by atoms with van der Waals surface area (Å²) in [6.07, 6.45) is 0. The maximum absolute atomic E-state index is 13.9. The van der Waals surface area contributed by atoms with Crippen LogP contribution in [-0.4, -0.2) is 19.0 Å². The minimum Gasteiger partial charge on any atom is -0.398 e. The van der Waals surface area contributed by atoms with Gasteiger partial charge in [-0.3, -0.25) is 4.79 Å². The molecule has 1 aromatic carbocycles. The van der Waals surface area contributed by atoms with E-state index in [9.17, 15) is 9.18 Å². The first-order valence-electron chi connectivity index (χ1n) is 5.87. The monoisotopic (exact) mass is 253 g/mol. The molecule has 1 rings (SSSR count). The van der Waals surface area contributed by atoms with Crippen molar-refractivity contribution in [3.05, 3.63) is 23.5 Å². The molecule has 0 saturated heterocycles. The normalized spacial score (nSPS) is 12.6. The lowest BCUT2D eigenvalue weighted by molar-refractivity contribution is 0.100. The van der Waals surface area contributed by atoms with Gasteiger partial charge in [-0.25, -0.2) is 4.39 Å². The molecule has 0 aliphatic rings. The van der Waals surface area contributed by atoms with E-state index in [4.69, 9.17) is 11.5 Å². The number of nitrogens with zero attached hydrogens (tertiary/aromatic N) is 1. The molecule has 5 heteroatoms. The van der Waals surface area contributed by atoms with Gasteiger partial charge < -0.3 is 16.4 Å². The van der Waals surface area contributed by atoms with E-state index in [2.05, 4.69) is 0 Å². The zero-order valence-corrected chi connectivity index (χ0v) is 11.2. The smallest absolute Gasteiger partial charge is 0.250 e. The van der Waals surface area contributed by atoms with E-state index in [1.807, 2.05) is 20.8 Å². The first-order chi connectivity index (χ1) is 8.25. The van der Waals surface area contributed by atoms with E-state index in [-0.39, 0.29) is 17.3 Å². The summed E-state index contributed by atoms with van der Waals surface area (Å²) in [5.74, 6) is -0.754. The third-order valence-corrected chi connectivity index (χ3v) is 3.34. The van der Waals surface area contributed by atoms with Crippen LogP contribution < -0.4 is 16.4 Å². The minimum atomic E-state index is -0.653. The number of anilines is 2. The number of nitrogens with two attached hydrogens (primary N) is 2. The number of carbonyl (C=O) groups is 1. The Balaban J connectivity index is 3.24. The summed E-state index contributed by atoms with van der Waals surface area (Å²) in [4.78, 5) is 13.0. The summed E-state index contributed by atoms with van der Waals surface area (Å²) >= 11 is 0.